The van der Waals surface area contributed by atoms with Crippen molar-refractivity contribution in [1.82, 2.24) is 0 Å². The lowest BCUT2D eigenvalue weighted by molar-refractivity contribution is -0.137. The van der Waals surface area contributed by atoms with Gasteiger partial charge in [0, 0.05) is 12.8 Å². The Hall–Kier alpha value is -1.12. The van der Waals surface area contributed by atoms with Gasteiger partial charge in [-0.15, -0.1) is 0 Å². The summed E-state index contributed by atoms with van der Waals surface area (Å²) in [5.74, 6) is -0.268. The molecule has 0 aromatic rings. The second kappa shape index (κ2) is 3.91. The maximum atomic E-state index is 11.0. The zero-order chi connectivity index (χ0) is 8.10. The fourth-order valence-electron chi connectivity index (χ4n) is 0.861. The largest absolute Gasteiger partial charge is 0.462 e. The van der Waals surface area contributed by atoms with Gasteiger partial charge >= 0.3 is 5.97 Å². The monoisotopic (exact) mass is 153 g/mol. The van der Waals surface area contributed by atoms with Gasteiger partial charge in [0.1, 0.15) is 0 Å². The van der Waals surface area contributed by atoms with E-state index in [4.69, 9.17) is 4.74 Å². The van der Waals surface area contributed by atoms with Crippen LogP contribution < -0.4 is 0 Å². The molecular formula is C8H11NO2. The molecule has 0 saturated heterocycles. The molecule has 0 bridgehead atoms. The predicted molar refractivity (Wildman–Crippen MR) is 42.7 cm³/mol. The summed E-state index contributed by atoms with van der Waals surface area (Å²) in [6, 6.07) is 0. The number of dihydropyridines is 1. The predicted octanol–water partition coefficient (Wildman–Crippen LogP) is 0.950. The molecule has 0 radical (unpaired) electrons. The van der Waals surface area contributed by atoms with E-state index < -0.39 is 0 Å². The van der Waals surface area contributed by atoms with E-state index in [1.807, 2.05) is 6.08 Å². The highest BCUT2D eigenvalue weighted by atomic mass is 16.5. The van der Waals surface area contributed by atoms with Crippen LogP contribution in [-0.4, -0.2) is 25.3 Å². The van der Waals surface area contributed by atoms with Gasteiger partial charge in [-0.3, -0.25) is 4.99 Å². The van der Waals surface area contributed by atoms with Crippen molar-refractivity contribution in [3.63, 3.8) is 0 Å². The van der Waals surface area contributed by atoms with Crippen LogP contribution in [0, 0.1) is 0 Å². The van der Waals surface area contributed by atoms with E-state index >= 15 is 0 Å². The number of carbonyl (C=O) groups excluding carboxylic acids is 1. The number of rotatable bonds is 2. The molecule has 0 aromatic heterocycles. The molecule has 0 fully saturated rings. The minimum Gasteiger partial charge on any atom is -0.462 e. The Morgan fingerprint density at radius 3 is 3.18 bits per heavy atom. The van der Waals surface area contributed by atoms with Crippen LogP contribution in [0.2, 0.25) is 0 Å². The average molecular weight is 153 g/mol. The molecule has 3 heteroatoms. The third-order valence-corrected chi connectivity index (χ3v) is 1.36. The number of ether oxygens (including phenoxy) is 1. The fraction of sp³-hybridized carbons (Fsp3) is 0.500. The molecule has 0 amide bonds. The summed E-state index contributed by atoms with van der Waals surface area (Å²) in [6.45, 7) is 2.99. The number of esters is 1. The molecule has 1 aliphatic rings. The van der Waals surface area contributed by atoms with Gasteiger partial charge in [-0.1, -0.05) is 6.08 Å². The van der Waals surface area contributed by atoms with Gasteiger partial charge in [0.2, 0.25) is 0 Å². The van der Waals surface area contributed by atoms with Crippen LogP contribution in [0.5, 0.6) is 0 Å². The van der Waals surface area contributed by atoms with Gasteiger partial charge in [-0.25, -0.2) is 4.79 Å². The fourth-order valence-corrected chi connectivity index (χ4v) is 0.861. The lowest BCUT2D eigenvalue weighted by Crippen LogP contribution is -2.10. The average Bonchev–Trinajstić information content (AvgIpc) is 2.07. The van der Waals surface area contributed by atoms with Gasteiger partial charge in [0.15, 0.2) is 0 Å². The van der Waals surface area contributed by atoms with Gasteiger partial charge in [0.05, 0.1) is 12.2 Å². The van der Waals surface area contributed by atoms with Gasteiger partial charge < -0.3 is 4.74 Å². The second-order valence-electron chi connectivity index (χ2n) is 2.20. The van der Waals surface area contributed by atoms with E-state index in [1.165, 1.54) is 0 Å². The standard InChI is InChI=1S/C8H11NO2/c1-2-11-8(10)7-4-3-5-9-6-7/h4,6H,2-3,5H2,1H3. The molecule has 0 atom stereocenters. The molecule has 11 heavy (non-hydrogen) atoms. The van der Waals surface area contributed by atoms with E-state index in [0.29, 0.717) is 12.2 Å². The Bertz CT molecular complexity index is 206. The molecule has 3 nitrogen and oxygen atoms in total. The highest BCUT2D eigenvalue weighted by molar-refractivity contribution is 6.09. The molecule has 0 N–H and O–H groups in total. The topological polar surface area (TPSA) is 38.7 Å². The van der Waals surface area contributed by atoms with Crippen LogP contribution in [0.4, 0.5) is 0 Å². The van der Waals surface area contributed by atoms with Crippen molar-refractivity contribution < 1.29 is 9.53 Å². The third-order valence-electron chi connectivity index (χ3n) is 1.36. The Labute approximate surface area is 65.8 Å². The minimum atomic E-state index is -0.268. The van der Waals surface area contributed by atoms with Gasteiger partial charge in [0.25, 0.3) is 0 Å². The molecule has 0 spiro atoms. The lowest BCUT2D eigenvalue weighted by Gasteiger charge is -2.04. The van der Waals surface area contributed by atoms with E-state index in [2.05, 4.69) is 4.99 Å². The van der Waals surface area contributed by atoms with Crippen LogP contribution >= 0.6 is 0 Å². The van der Waals surface area contributed by atoms with Crippen molar-refractivity contribution in [2.24, 2.45) is 4.99 Å². The van der Waals surface area contributed by atoms with Gasteiger partial charge in [-0.2, -0.15) is 0 Å². The molecule has 1 heterocycles. The molecule has 60 valence electrons. The number of nitrogens with zero attached hydrogens (tertiary/aromatic N) is 1. The zero-order valence-corrected chi connectivity index (χ0v) is 6.54. The van der Waals surface area contributed by atoms with Gasteiger partial charge in [-0.05, 0) is 13.3 Å². The normalized spacial score (nSPS) is 15.9. The summed E-state index contributed by atoms with van der Waals surface area (Å²) in [6.07, 6.45) is 4.26. The van der Waals surface area contributed by atoms with E-state index in [0.717, 1.165) is 13.0 Å². The maximum absolute atomic E-state index is 11.0. The first-order valence-corrected chi connectivity index (χ1v) is 3.71. The molecular weight excluding hydrogens is 142 g/mol. The summed E-state index contributed by atoms with van der Waals surface area (Å²) in [5.41, 5.74) is 0.582. The molecule has 0 unspecified atom stereocenters. The van der Waals surface area contributed by atoms with Crippen molar-refractivity contribution in [3.8, 4) is 0 Å². The summed E-state index contributed by atoms with van der Waals surface area (Å²) in [4.78, 5) is 15.0. The SMILES string of the molecule is CCOC(=O)C1=CCCN=C1. The van der Waals surface area contributed by atoms with E-state index in [1.54, 1.807) is 13.1 Å². The molecule has 1 aliphatic heterocycles. The maximum Gasteiger partial charge on any atom is 0.339 e. The van der Waals surface area contributed by atoms with Crippen molar-refractivity contribution in [2.75, 3.05) is 13.2 Å². The van der Waals surface area contributed by atoms with Crippen molar-refractivity contribution >= 4 is 12.2 Å². The minimum absolute atomic E-state index is 0.268. The second-order valence-corrected chi connectivity index (χ2v) is 2.20. The number of aliphatic imine (C=N–C) groups is 1. The zero-order valence-electron chi connectivity index (χ0n) is 6.54. The smallest absolute Gasteiger partial charge is 0.339 e. The molecule has 0 aromatic carbocycles. The highest BCUT2D eigenvalue weighted by Gasteiger charge is 2.08. The van der Waals surface area contributed by atoms with E-state index in [-0.39, 0.29) is 5.97 Å². The summed E-state index contributed by atoms with van der Waals surface area (Å²) < 4.78 is 4.78. The summed E-state index contributed by atoms with van der Waals surface area (Å²) in [5, 5.41) is 0. The van der Waals surface area contributed by atoms with Crippen LogP contribution in [0.15, 0.2) is 16.6 Å². The number of hydrogen-bond donors (Lipinski definition) is 0. The first-order chi connectivity index (χ1) is 5.34. The molecule has 0 aliphatic carbocycles. The Kier molecular flexibility index (Phi) is 2.83. The van der Waals surface area contributed by atoms with E-state index in [9.17, 15) is 4.79 Å². The van der Waals surface area contributed by atoms with Crippen LogP contribution in [0.3, 0.4) is 0 Å². The molecule has 1 rings (SSSR count). The first-order valence-electron chi connectivity index (χ1n) is 3.71. The summed E-state index contributed by atoms with van der Waals surface area (Å²) in [7, 11) is 0. The summed E-state index contributed by atoms with van der Waals surface area (Å²) >= 11 is 0. The van der Waals surface area contributed by atoms with Crippen LogP contribution in [-0.2, 0) is 9.53 Å². The Morgan fingerprint density at radius 2 is 2.64 bits per heavy atom. The molecule has 0 saturated carbocycles. The quantitative estimate of drug-likeness (QED) is 0.554. The highest BCUT2D eigenvalue weighted by Crippen LogP contribution is 2.02. The van der Waals surface area contributed by atoms with Crippen LogP contribution in [0.25, 0.3) is 0 Å². The number of hydrogen-bond acceptors (Lipinski definition) is 3. The third kappa shape index (κ3) is 2.18. The first kappa shape index (κ1) is 7.98. The Balaban J connectivity index is 2.52. The lowest BCUT2D eigenvalue weighted by atomic mass is 10.2. The van der Waals surface area contributed by atoms with Crippen molar-refractivity contribution in [1.29, 1.82) is 0 Å². The number of carbonyl (C=O) groups is 1. The Morgan fingerprint density at radius 1 is 1.82 bits per heavy atom. The van der Waals surface area contributed by atoms with Crippen LogP contribution in [0.1, 0.15) is 13.3 Å². The van der Waals surface area contributed by atoms with Crippen molar-refractivity contribution in [3.05, 3.63) is 11.6 Å². The van der Waals surface area contributed by atoms with Crippen molar-refractivity contribution in [2.45, 2.75) is 13.3 Å².